The minimum atomic E-state index is -0.615. The maximum absolute atomic E-state index is 12.3. The number of nitrogens with two attached hydrogens (primary N) is 1. The zero-order chi connectivity index (χ0) is 25.4. The molecular formula is C26H33N4O5+. The molecule has 1 fully saturated rings. The summed E-state index contributed by atoms with van der Waals surface area (Å²) in [5, 5.41) is 2.69. The number of pyridine rings is 1. The molecule has 2 heterocycles. The van der Waals surface area contributed by atoms with Crippen molar-refractivity contribution in [2.45, 2.75) is 45.8 Å². The Bertz CT molecular complexity index is 1090. The van der Waals surface area contributed by atoms with Gasteiger partial charge in [0.15, 0.2) is 0 Å². The average Bonchev–Trinajstić information content (AvgIpc) is 2.82. The first-order valence-corrected chi connectivity index (χ1v) is 11.5. The highest BCUT2D eigenvalue weighted by Gasteiger charge is 2.26. The van der Waals surface area contributed by atoms with E-state index in [2.05, 4.69) is 17.2 Å². The zero-order valence-electron chi connectivity index (χ0n) is 20.7. The molecule has 1 aliphatic rings. The zero-order valence-corrected chi connectivity index (χ0v) is 20.7. The van der Waals surface area contributed by atoms with Crippen molar-refractivity contribution in [2.24, 2.45) is 5.92 Å². The number of carbonyl (C=O) groups is 2. The molecule has 1 saturated heterocycles. The molecule has 9 nitrogen and oxygen atoms in total. The van der Waals surface area contributed by atoms with E-state index in [9.17, 15) is 9.59 Å². The number of anilines is 1. The van der Waals surface area contributed by atoms with Crippen molar-refractivity contribution in [3.63, 3.8) is 0 Å². The molecule has 2 aromatic rings. The standard InChI is InChI=1S/C26H32N4O5/c1-26(2,3)35-25(32)29-14-12-19(13-15-29)10-11-21-16-22(23(33-4)17-30(21)27)28-24(31)34-18-20-8-6-5-7-9-20/h5-9,16-17,19H,12-15,18,27H2,1-4H3/p+1. The number of nitrogen functional groups attached to an aromatic ring is 1. The first kappa shape index (κ1) is 25.7. The van der Waals surface area contributed by atoms with Crippen LogP contribution in [0.4, 0.5) is 15.3 Å². The number of nitrogens with one attached hydrogen (secondary N) is 1. The van der Waals surface area contributed by atoms with Crippen LogP contribution in [-0.4, -0.2) is 42.9 Å². The fourth-order valence-electron chi connectivity index (χ4n) is 3.49. The number of piperidine rings is 1. The topological polar surface area (TPSA) is 107 Å². The van der Waals surface area contributed by atoms with Crippen LogP contribution in [0.25, 0.3) is 0 Å². The van der Waals surface area contributed by atoms with Gasteiger partial charge in [-0.1, -0.05) is 40.9 Å². The van der Waals surface area contributed by atoms with Crippen molar-refractivity contribution in [3.8, 4) is 17.6 Å². The lowest BCUT2D eigenvalue weighted by atomic mass is 9.97. The van der Waals surface area contributed by atoms with Crippen molar-refractivity contribution >= 4 is 17.9 Å². The third kappa shape index (κ3) is 7.81. The molecule has 0 saturated carbocycles. The van der Waals surface area contributed by atoms with Crippen molar-refractivity contribution in [1.82, 2.24) is 4.90 Å². The van der Waals surface area contributed by atoms with Crippen LogP contribution in [0.2, 0.25) is 0 Å². The molecule has 9 heteroatoms. The summed E-state index contributed by atoms with van der Waals surface area (Å²) in [6.07, 6.45) is 2.11. The number of likely N-dealkylation sites (tertiary alicyclic amines) is 1. The van der Waals surface area contributed by atoms with Gasteiger partial charge in [-0.3, -0.25) is 5.32 Å². The molecule has 0 aliphatic carbocycles. The Balaban J connectivity index is 1.62. The van der Waals surface area contributed by atoms with Crippen molar-refractivity contribution in [1.29, 1.82) is 0 Å². The van der Waals surface area contributed by atoms with Gasteiger partial charge >= 0.3 is 12.2 Å². The van der Waals surface area contributed by atoms with Gasteiger partial charge in [-0.05, 0) is 39.2 Å². The summed E-state index contributed by atoms with van der Waals surface area (Å²) in [5.41, 5.74) is 1.26. The molecule has 3 rings (SSSR count). The van der Waals surface area contributed by atoms with E-state index in [1.807, 2.05) is 51.1 Å². The molecule has 0 atom stereocenters. The molecule has 0 unspecified atom stereocenters. The number of rotatable bonds is 4. The Labute approximate surface area is 206 Å². The number of methoxy groups -OCH3 is 1. The molecule has 0 radical (unpaired) electrons. The highest BCUT2D eigenvalue weighted by Crippen LogP contribution is 2.23. The number of hydrogen-bond donors (Lipinski definition) is 2. The first-order valence-electron chi connectivity index (χ1n) is 11.5. The van der Waals surface area contributed by atoms with E-state index in [1.54, 1.807) is 17.2 Å². The Morgan fingerprint density at radius 1 is 1.20 bits per heavy atom. The van der Waals surface area contributed by atoms with E-state index < -0.39 is 11.7 Å². The second-order valence-electron chi connectivity index (χ2n) is 9.25. The van der Waals surface area contributed by atoms with Crippen LogP contribution in [0.5, 0.6) is 5.75 Å². The van der Waals surface area contributed by atoms with Crippen molar-refractivity contribution in [3.05, 3.63) is 53.9 Å². The maximum Gasteiger partial charge on any atom is 0.412 e. The number of hydrogen-bond acceptors (Lipinski definition) is 6. The average molecular weight is 482 g/mol. The Kier molecular flexibility index (Phi) is 8.42. The second kappa shape index (κ2) is 11.5. The summed E-state index contributed by atoms with van der Waals surface area (Å²) in [5.74, 6) is 12.9. The Morgan fingerprint density at radius 3 is 2.51 bits per heavy atom. The monoisotopic (exact) mass is 481 g/mol. The molecule has 186 valence electrons. The Morgan fingerprint density at radius 2 is 1.89 bits per heavy atom. The molecule has 35 heavy (non-hydrogen) atoms. The summed E-state index contributed by atoms with van der Waals surface area (Å²) < 4.78 is 17.4. The molecular weight excluding hydrogens is 448 g/mol. The molecule has 0 bridgehead atoms. The summed E-state index contributed by atoms with van der Waals surface area (Å²) in [7, 11) is 1.49. The van der Waals surface area contributed by atoms with Gasteiger partial charge in [0.05, 0.1) is 7.11 Å². The highest BCUT2D eigenvalue weighted by molar-refractivity contribution is 5.86. The van der Waals surface area contributed by atoms with Crippen LogP contribution in [0.3, 0.4) is 0 Å². The predicted octanol–water partition coefficient (Wildman–Crippen LogP) is 3.44. The van der Waals surface area contributed by atoms with Crippen molar-refractivity contribution in [2.75, 3.05) is 31.4 Å². The summed E-state index contributed by atoms with van der Waals surface area (Å²) in [6, 6.07) is 11.0. The summed E-state index contributed by atoms with van der Waals surface area (Å²) in [6.45, 7) is 6.87. The smallest absolute Gasteiger partial charge is 0.412 e. The van der Waals surface area contributed by atoms with Crippen LogP contribution in [0.1, 0.15) is 44.9 Å². The number of carbonyl (C=O) groups excluding carboxylic acids is 2. The molecule has 3 N–H and O–H groups in total. The van der Waals surface area contributed by atoms with Crippen LogP contribution < -0.4 is 20.6 Å². The highest BCUT2D eigenvalue weighted by atomic mass is 16.6. The molecule has 2 amide bonds. The lowest BCUT2D eigenvalue weighted by Gasteiger charge is -2.31. The molecule has 1 aromatic carbocycles. The van der Waals surface area contributed by atoms with Gasteiger partial charge in [0.25, 0.3) is 5.69 Å². The number of nitrogens with zero attached hydrogens (tertiary/aromatic N) is 2. The molecule has 1 aliphatic heterocycles. The number of amides is 2. The third-order valence-corrected chi connectivity index (χ3v) is 5.30. The van der Waals surface area contributed by atoms with Gasteiger partial charge in [-0.25, -0.2) is 15.4 Å². The van der Waals surface area contributed by atoms with Gasteiger partial charge in [0.1, 0.15) is 17.9 Å². The van der Waals surface area contributed by atoms with E-state index in [0.29, 0.717) is 30.2 Å². The second-order valence-corrected chi connectivity index (χ2v) is 9.25. The summed E-state index contributed by atoms with van der Waals surface area (Å²) >= 11 is 0. The SMILES string of the molecule is COc1c[n+](N)c(C#CC2CCN(C(=O)OC(C)(C)C)CC2)cc1NC(=O)OCc1ccccc1. The number of benzene rings is 1. The van der Waals surface area contributed by atoms with Crippen LogP contribution in [0, 0.1) is 17.8 Å². The van der Waals surface area contributed by atoms with Crippen LogP contribution in [0.15, 0.2) is 42.6 Å². The number of aromatic nitrogens is 1. The predicted molar refractivity (Wildman–Crippen MR) is 131 cm³/mol. The lowest BCUT2D eigenvalue weighted by molar-refractivity contribution is -0.641. The third-order valence-electron chi connectivity index (χ3n) is 5.30. The fraction of sp³-hybridized carbons (Fsp3) is 0.423. The minimum absolute atomic E-state index is 0.114. The first-order chi connectivity index (χ1) is 16.6. The van der Waals surface area contributed by atoms with E-state index in [-0.39, 0.29) is 18.6 Å². The molecule has 0 spiro atoms. The fourth-order valence-corrected chi connectivity index (χ4v) is 3.49. The van der Waals surface area contributed by atoms with E-state index in [1.165, 1.54) is 11.8 Å². The van der Waals surface area contributed by atoms with Gasteiger partial charge in [-0.15, -0.1) is 0 Å². The normalized spacial score (nSPS) is 13.9. The van der Waals surface area contributed by atoms with Crippen LogP contribution in [-0.2, 0) is 16.1 Å². The van der Waals surface area contributed by atoms with Gasteiger partial charge in [-0.2, -0.15) is 0 Å². The molecule has 1 aromatic heterocycles. The quantitative estimate of drug-likeness (QED) is 0.394. The van der Waals surface area contributed by atoms with E-state index in [4.69, 9.17) is 20.1 Å². The van der Waals surface area contributed by atoms with Gasteiger partial charge in [0.2, 0.25) is 11.9 Å². The van der Waals surface area contributed by atoms with E-state index >= 15 is 0 Å². The largest absolute Gasteiger partial charge is 0.489 e. The van der Waals surface area contributed by atoms with Crippen LogP contribution >= 0.6 is 0 Å². The minimum Gasteiger partial charge on any atom is -0.489 e. The van der Waals surface area contributed by atoms with Gasteiger partial charge < -0.3 is 19.1 Å². The maximum atomic E-state index is 12.3. The Hall–Kier alpha value is -3.93. The van der Waals surface area contributed by atoms with Crippen molar-refractivity contribution < 1.29 is 28.5 Å². The number of ether oxygens (including phenoxy) is 3. The summed E-state index contributed by atoms with van der Waals surface area (Å²) in [4.78, 5) is 26.3. The van der Waals surface area contributed by atoms with Gasteiger partial charge in [0, 0.05) is 31.0 Å². The van der Waals surface area contributed by atoms with E-state index in [0.717, 1.165) is 18.4 Å². The lowest BCUT2D eigenvalue weighted by Crippen LogP contribution is -2.47.